The van der Waals surface area contributed by atoms with Gasteiger partial charge in [0.25, 0.3) is 0 Å². The van der Waals surface area contributed by atoms with Crippen LogP contribution in [0.2, 0.25) is 0 Å². The second-order valence-electron chi connectivity index (χ2n) is 4.91. The molecule has 0 aliphatic carbocycles. The molecule has 1 atom stereocenters. The third-order valence-electron chi connectivity index (χ3n) is 2.70. The molecule has 1 aliphatic heterocycles. The van der Waals surface area contributed by atoms with E-state index in [0.717, 1.165) is 11.9 Å². The minimum Gasteiger partial charge on any atom is -0.405 e. The summed E-state index contributed by atoms with van der Waals surface area (Å²) in [6.07, 6.45) is 1.18. The Bertz CT molecular complexity index is 364. The van der Waals surface area contributed by atoms with E-state index >= 15 is 0 Å². The molecule has 0 radical (unpaired) electrons. The van der Waals surface area contributed by atoms with Crippen LogP contribution in [-0.2, 0) is 9.31 Å². The van der Waals surface area contributed by atoms with Gasteiger partial charge in [-0.1, -0.05) is 12.1 Å². The lowest BCUT2D eigenvalue weighted by Crippen LogP contribution is -2.51. The molecule has 0 N–H and O–H groups in total. The largest absolute Gasteiger partial charge is 0.494 e. The molecule has 1 aliphatic rings. The third kappa shape index (κ3) is 2.99. The average molecular weight is 330 g/mol. The van der Waals surface area contributed by atoms with Crippen molar-refractivity contribution in [3.05, 3.63) is 27.8 Å². The predicted octanol–water partition coefficient (Wildman–Crippen LogP) is 2.59. The Balaban J connectivity index is 2.17. The second kappa shape index (κ2) is 4.66. The highest BCUT2D eigenvalue weighted by Crippen LogP contribution is 2.25. The molecule has 4 heteroatoms. The molecule has 1 saturated heterocycles. The number of rotatable bonds is 1. The Morgan fingerprint density at radius 1 is 1.31 bits per heavy atom. The second-order valence-corrected chi connectivity index (χ2v) is 6.16. The van der Waals surface area contributed by atoms with Gasteiger partial charge in [0.1, 0.15) is 0 Å². The van der Waals surface area contributed by atoms with Crippen molar-refractivity contribution >= 4 is 35.2 Å². The Morgan fingerprint density at radius 3 is 2.50 bits per heavy atom. The van der Waals surface area contributed by atoms with Crippen LogP contribution >= 0.6 is 22.6 Å². The third-order valence-corrected chi connectivity index (χ3v) is 3.42. The van der Waals surface area contributed by atoms with Crippen molar-refractivity contribution < 1.29 is 9.31 Å². The van der Waals surface area contributed by atoms with Gasteiger partial charge in [0.05, 0.1) is 5.60 Å². The minimum atomic E-state index is -0.226. The number of benzene rings is 1. The van der Waals surface area contributed by atoms with E-state index in [-0.39, 0.29) is 18.8 Å². The zero-order chi connectivity index (χ0) is 11.8. The van der Waals surface area contributed by atoms with Crippen molar-refractivity contribution in [2.24, 2.45) is 0 Å². The summed E-state index contributed by atoms with van der Waals surface area (Å²) >= 11 is 2.30. The van der Waals surface area contributed by atoms with Crippen molar-refractivity contribution in [1.82, 2.24) is 0 Å². The molecule has 0 amide bonds. The summed E-state index contributed by atoms with van der Waals surface area (Å²) in [5.74, 6) is 0. The molecule has 2 rings (SSSR count). The summed E-state index contributed by atoms with van der Waals surface area (Å²) in [6.45, 7) is 6.33. The van der Waals surface area contributed by atoms with E-state index in [4.69, 9.17) is 9.31 Å². The molecule has 0 saturated carbocycles. The number of hydrogen-bond acceptors (Lipinski definition) is 2. The summed E-state index contributed by atoms with van der Waals surface area (Å²) in [5.41, 5.74) is 0.991. The van der Waals surface area contributed by atoms with Gasteiger partial charge in [0.2, 0.25) is 0 Å². The van der Waals surface area contributed by atoms with Crippen LogP contribution in [0, 0.1) is 3.57 Å². The van der Waals surface area contributed by atoms with Crippen LogP contribution < -0.4 is 5.46 Å². The molecule has 0 aromatic heterocycles. The van der Waals surface area contributed by atoms with Crippen molar-refractivity contribution in [2.75, 3.05) is 0 Å². The van der Waals surface area contributed by atoms with Gasteiger partial charge in [0, 0.05) is 9.67 Å². The average Bonchev–Trinajstić information content (AvgIpc) is 2.15. The molecule has 16 heavy (non-hydrogen) atoms. The summed E-state index contributed by atoms with van der Waals surface area (Å²) < 4.78 is 13.0. The lowest BCUT2D eigenvalue weighted by atomic mass is 9.75. The number of hydrogen-bond donors (Lipinski definition) is 0. The summed E-state index contributed by atoms with van der Waals surface area (Å²) in [6, 6.07) is 8.30. The monoisotopic (exact) mass is 330 g/mol. The molecule has 1 aromatic rings. The zero-order valence-corrected chi connectivity index (χ0v) is 12.0. The molecule has 1 heterocycles. The fourth-order valence-electron chi connectivity index (χ4n) is 2.08. The van der Waals surface area contributed by atoms with Crippen LogP contribution in [0.25, 0.3) is 0 Å². The van der Waals surface area contributed by atoms with Crippen molar-refractivity contribution in [2.45, 2.75) is 38.9 Å². The van der Waals surface area contributed by atoms with Crippen LogP contribution in [-0.4, -0.2) is 18.8 Å². The van der Waals surface area contributed by atoms with Gasteiger partial charge in [-0.25, -0.2) is 0 Å². The molecule has 1 aromatic carbocycles. The number of halogens is 1. The quantitative estimate of drug-likeness (QED) is 0.582. The highest BCUT2D eigenvalue weighted by Gasteiger charge is 2.37. The van der Waals surface area contributed by atoms with Crippen molar-refractivity contribution in [3.63, 3.8) is 0 Å². The molecule has 0 bridgehead atoms. The fraction of sp³-hybridized carbons (Fsp3) is 0.500. The Labute approximate surface area is 111 Å². The van der Waals surface area contributed by atoms with E-state index in [2.05, 4.69) is 67.6 Å². The molecule has 86 valence electrons. The SMILES string of the molecule is C[C@H]1CC(C)(C)OB(c2ccc(I)cc2)O1. The normalized spacial score (nSPS) is 24.5. The van der Waals surface area contributed by atoms with Gasteiger partial charge in [-0.3, -0.25) is 0 Å². The van der Waals surface area contributed by atoms with Crippen LogP contribution in [0.4, 0.5) is 0 Å². The molecule has 0 unspecified atom stereocenters. The maximum atomic E-state index is 5.95. The van der Waals surface area contributed by atoms with Gasteiger partial charge >= 0.3 is 7.12 Å². The maximum absolute atomic E-state index is 5.95. The standard InChI is InChI=1S/C12H16BIO2/c1-9-8-12(2,3)16-13(15-9)10-4-6-11(14)7-5-10/h4-7,9H,8H2,1-3H3/t9-/m0/s1. The van der Waals surface area contributed by atoms with Gasteiger partial charge < -0.3 is 9.31 Å². The Morgan fingerprint density at radius 2 is 1.94 bits per heavy atom. The first kappa shape index (κ1) is 12.4. The highest BCUT2D eigenvalue weighted by molar-refractivity contribution is 14.1. The van der Waals surface area contributed by atoms with Crippen molar-refractivity contribution in [3.8, 4) is 0 Å². The van der Waals surface area contributed by atoms with E-state index in [1.165, 1.54) is 3.57 Å². The fourth-order valence-corrected chi connectivity index (χ4v) is 2.44. The van der Waals surface area contributed by atoms with Gasteiger partial charge in [-0.05, 0) is 67.4 Å². The Kier molecular flexibility index (Phi) is 3.61. The summed E-state index contributed by atoms with van der Waals surface area (Å²) in [5, 5.41) is 0. The smallest absolute Gasteiger partial charge is 0.405 e. The minimum absolute atomic E-state index is 0.106. The lowest BCUT2D eigenvalue weighted by Gasteiger charge is -2.38. The lowest BCUT2D eigenvalue weighted by molar-refractivity contribution is -0.0229. The van der Waals surface area contributed by atoms with Gasteiger partial charge in [-0.2, -0.15) is 0 Å². The van der Waals surface area contributed by atoms with Crippen LogP contribution in [0.1, 0.15) is 27.2 Å². The zero-order valence-electron chi connectivity index (χ0n) is 9.87. The summed E-state index contributed by atoms with van der Waals surface area (Å²) in [7, 11) is -0.226. The molecular formula is C12H16BIO2. The molecular weight excluding hydrogens is 314 g/mol. The van der Waals surface area contributed by atoms with Crippen LogP contribution in [0.15, 0.2) is 24.3 Å². The van der Waals surface area contributed by atoms with Gasteiger partial charge in [-0.15, -0.1) is 0 Å². The van der Waals surface area contributed by atoms with E-state index in [0.29, 0.717) is 0 Å². The van der Waals surface area contributed by atoms with E-state index in [1.54, 1.807) is 0 Å². The molecule has 2 nitrogen and oxygen atoms in total. The molecule has 0 spiro atoms. The van der Waals surface area contributed by atoms with E-state index in [9.17, 15) is 0 Å². The first-order chi connectivity index (χ1) is 7.46. The first-order valence-corrected chi connectivity index (χ1v) is 6.63. The first-order valence-electron chi connectivity index (χ1n) is 5.55. The summed E-state index contributed by atoms with van der Waals surface area (Å²) in [4.78, 5) is 0. The van der Waals surface area contributed by atoms with Crippen molar-refractivity contribution in [1.29, 1.82) is 0 Å². The Hall–Kier alpha value is -0.0651. The van der Waals surface area contributed by atoms with E-state index < -0.39 is 0 Å². The maximum Gasteiger partial charge on any atom is 0.494 e. The predicted molar refractivity (Wildman–Crippen MR) is 74.9 cm³/mol. The topological polar surface area (TPSA) is 18.5 Å². The van der Waals surface area contributed by atoms with Gasteiger partial charge in [0.15, 0.2) is 0 Å². The highest BCUT2D eigenvalue weighted by atomic mass is 127. The van der Waals surface area contributed by atoms with E-state index in [1.807, 2.05) is 0 Å². The van der Waals surface area contributed by atoms with Crippen LogP contribution in [0.3, 0.4) is 0 Å². The van der Waals surface area contributed by atoms with Crippen LogP contribution in [0.5, 0.6) is 0 Å². The molecule has 1 fully saturated rings.